The molecule has 9 heteroatoms. The van der Waals surface area contributed by atoms with Crippen molar-refractivity contribution in [2.45, 2.75) is 11.4 Å². The number of hydrogen-bond donors (Lipinski definition) is 0. The minimum atomic E-state index is -3.81. The van der Waals surface area contributed by atoms with Crippen molar-refractivity contribution in [3.8, 4) is 0 Å². The van der Waals surface area contributed by atoms with Gasteiger partial charge in [0.25, 0.3) is 0 Å². The quantitative estimate of drug-likeness (QED) is 0.525. The van der Waals surface area contributed by atoms with E-state index in [2.05, 4.69) is 36.8 Å². The summed E-state index contributed by atoms with van der Waals surface area (Å²) in [6, 6.07) is 9.89. The van der Waals surface area contributed by atoms with Crippen LogP contribution in [0.5, 0.6) is 0 Å². The van der Waals surface area contributed by atoms with Crippen LogP contribution in [0.1, 0.15) is 5.01 Å². The Balaban J connectivity index is 1.95. The van der Waals surface area contributed by atoms with Crippen molar-refractivity contribution in [2.24, 2.45) is 0 Å². The van der Waals surface area contributed by atoms with Gasteiger partial charge in [0, 0.05) is 16.0 Å². The highest BCUT2D eigenvalue weighted by atomic mass is 79.9. The van der Waals surface area contributed by atoms with Crippen molar-refractivity contribution in [1.82, 2.24) is 9.29 Å². The SMILES string of the molecule is CN(Cc1nc2ccccc2s1)S(=O)(=O)c1c(Br)cc(F)cc1Br. The zero-order chi connectivity index (χ0) is 17.5. The lowest BCUT2D eigenvalue weighted by Gasteiger charge is -2.18. The van der Waals surface area contributed by atoms with E-state index in [1.165, 1.54) is 22.7 Å². The molecule has 0 aliphatic heterocycles. The predicted molar refractivity (Wildman–Crippen MR) is 100 cm³/mol. The first-order valence-electron chi connectivity index (χ1n) is 6.74. The molecule has 126 valence electrons. The summed E-state index contributed by atoms with van der Waals surface area (Å²) in [6.45, 7) is 0.137. The van der Waals surface area contributed by atoms with Crippen molar-refractivity contribution in [1.29, 1.82) is 0 Å². The Morgan fingerprint density at radius 3 is 2.46 bits per heavy atom. The smallest absolute Gasteiger partial charge is 0.240 e. The van der Waals surface area contributed by atoms with Crippen molar-refractivity contribution in [3.63, 3.8) is 0 Å². The molecule has 0 saturated carbocycles. The number of sulfonamides is 1. The van der Waals surface area contributed by atoms with E-state index in [4.69, 9.17) is 0 Å². The maximum atomic E-state index is 13.4. The number of para-hydroxylation sites is 1. The maximum Gasteiger partial charge on any atom is 0.245 e. The van der Waals surface area contributed by atoms with E-state index >= 15 is 0 Å². The standard InChI is InChI=1S/C15H11Br2FN2O2S2/c1-20(8-14-19-12-4-2-3-5-13(12)23-14)24(21,22)15-10(16)6-9(18)7-11(15)17/h2-7H,8H2,1H3. The number of rotatable bonds is 4. The summed E-state index contributed by atoms with van der Waals surface area (Å²) in [7, 11) is -2.34. The number of benzene rings is 2. The Kier molecular flexibility index (Phi) is 5.08. The molecule has 0 atom stereocenters. The van der Waals surface area contributed by atoms with E-state index < -0.39 is 15.8 Å². The van der Waals surface area contributed by atoms with Crippen LogP contribution in [0.25, 0.3) is 10.2 Å². The van der Waals surface area contributed by atoms with Crippen LogP contribution in [0.3, 0.4) is 0 Å². The van der Waals surface area contributed by atoms with Gasteiger partial charge >= 0.3 is 0 Å². The van der Waals surface area contributed by atoms with Crippen LogP contribution in [-0.2, 0) is 16.6 Å². The second kappa shape index (κ2) is 6.80. The number of hydrogen-bond acceptors (Lipinski definition) is 4. The molecule has 3 aromatic rings. The van der Waals surface area contributed by atoms with E-state index in [1.807, 2.05) is 24.3 Å². The third kappa shape index (κ3) is 3.41. The van der Waals surface area contributed by atoms with Gasteiger partial charge in [-0.1, -0.05) is 12.1 Å². The number of halogens is 3. The summed E-state index contributed by atoms with van der Waals surface area (Å²) in [6.07, 6.45) is 0. The molecule has 0 radical (unpaired) electrons. The minimum Gasteiger partial charge on any atom is -0.240 e. The van der Waals surface area contributed by atoms with Gasteiger partial charge < -0.3 is 0 Å². The second-order valence-corrected chi connectivity index (χ2v) is 9.84. The van der Waals surface area contributed by atoms with Crippen molar-refractivity contribution in [2.75, 3.05) is 7.05 Å². The summed E-state index contributed by atoms with van der Waals surface area (Å²) in [4.78, 5) is 4.44. The molecule has 1 aromatic heterocycles. The molecule has 0 bridgehead atoms. The van der Waals surface area contributed by atoms with E-state index in [9.17, 15) is 12.8 Å². The lowest BCUT2D eigenvalue weighted by molar-refractivity contribution is 0.465. The summed E-state index contributed by atoms with van der Waals surface area (Å²) in [5.41, 5.74) is 0.840. The zero-order valence-corrected chi connectivity index (χ0v) is 17.1. The van der Waals surface area contributed by atoms with Gasteiger partial charge in [-0.3, -0.25) is 0 Å². The molecule has 2 aromatic carbocycles. The summed E-state index contributed by atoms with van der Waals surface area (Å²) < 4.78 is 41.6. The second-order valence-electron chi connectivity index (χ2n) is 5.03. The average Bonchev–Trinajstić information content (AvgIpc) is 2.87. The van der Waals surface area contributed by atoms with Gasteiger partial charge in [0.15, 0.2) is 0 Å². The van der Waals surface area contributed by atoms with Crippen molar-refractivity contribution in [3.05, 3.63) is 56.2 Å². The van der Waals surface area contributed by atoms with Crippen LogP contribution in [0.15, 0.2) is 50.2 Å². The molecule has 0 fully saturated rings. The molecule has 0 amide bonds. The molecule has 3 rings (SSSR count). The van der Waals surface area contributed by atoms with Gasteiger partial charge in [0.1, 0.15) is 15.7 Å². The Hall–Kier alpha value is -0.870. The summed E-state index contributed by atoms with van der Waals surface area (Å²) >= 11 is 7.70. The van der Waals surface area contributed by atoms with Crippen LogP contribution in [0.4, 0.5) is 4.39 Å². The fourth-order valence-corrected chi connectivity index (χ4v) is 6.87. The topological polar surface area (TPSA) is 50.3 Å². The molecule has 0 saturated heterocycles. The van der Waals surface area contributed by atoms with Gasteiger partial charge in [-0.05, 0) is 56.1 Å². The first kappa shape index (κ1) is 17.9. The monoisotopic (exact) mass is 492 g/mol. The highest BCUT2D eigenvalue weighted by molar-refractivity contribution is 9.11. The molecular weight excluding hydrogens is 483 g/mol. The van der Waals surface area contributed by atoms with Crippen molar-refractivity contribution < 1.29 is 12.8 Å². The maximum absolute atomic E-state index is 13.4. The molecule has 0 aliphatic carbocycles. The minimum absolute atomic E-state index is 0.00693. The van der Waals surface area contributed by atoms with Crippen LogP contribution in [-0.4, -0.2) is 24.8 Å². The highest BCUT2D eigenvalue weighted by Gasteiger charge is 2.27. The fourth-order valence-electron chi connectivity index (χ4n) is 2.19. The van der Waals surface area contributed by atoms with Gasteiger partial charge in [-0.15, -0.1) is 11.3 Å². The largest absolute Gasteiger partial charge is 0.245 e. The molecule has 24 heavy (non-hydrogen) atoms. The van der Waals surface area contributed by atoms with Gasteiger partial charge in [-0.2, -0.15) is 4.31 Å². The molecule has 0 unspecified atom stereocenters. The van der Waals surface area contributed by atoms with E-state index in [0.717, 1.165) is 22.3 Å². The summed E-state index contributed by atoms with van der Waals surface area (Å²) in [5, 5.41) is 0.691. The number of aromatic nitrogens is 1. The van der Waals surface area contributed by atoms with Crippen LogP contribution >= 0.6 is 43.2 Å². The third-order valence-corrected chi connectivity index (χ3v) is 8.03. The first-order chi connectivity index (χ1) is 11.3. The number of fused-ring (bicyclic) bond motifs is 1. The Morgan fingerprint density at radius 2 is 1.83 bits per heavy atom. The Morgan fingerprint density at radius 1 is 1.21 bits per heavy atom. The molecule has 1 heterocycles. The van der Waals surface area contributed by atoms with Crippen LogP contribution < -0.4 is 0 Å². The van der Waals surface area contributed by atoms with E-state index in [0.29, 0.717) is 5.01 Å². The van der Waals surface area contributed by atoms with E-state index in [1.54, 1.807) is 0 Å². The van der Waals surface area contributed by atoms with E-state index in [-0.39, 0.29) is 20.4 Å². The number of thiazole rings is 1. The lowest BCUT2D eigenvalue weighted by atomic mass is 10.3. The summed E-state index contributed by atoms with van der Waals surface area (Å²) in [5.74, 6) is -0.526. The van der Waals surface area contributed by atoms with Gasteiger partial charge in [-0.25, -0.2) is 17.8 Å². The molecule has 0 N–H and O–H groups in total. The normalized spacial score (nSPS) is 12.2. The van der Waals surface area contributed by atoms with Crippen LogP contribution in [0, 0.1) is 5.82 Å². The Bertz CT molecular complexity index is 965. The first-order valence-corrected chi connectivity index (χ1v) is 10.6. The van der Waals surface area contributed by atoms with Crippen LogP contribution in [0.2, 0.25) is 0 Å². The molecular formula is C15H11Br2FN2O2S2. The van der Waals surface area contributed by atoms with Gasteiger partial charge in [0.2, 0.25) is 10.0 Å². The highest BCUT2D eigenvalue weighted by Crippen LogP contribution is 2.33. The molecule has 4 nitrogen and oxygen atoms in total. The Labute approximate surface area is 159 Å². The number of nitrogens with zero attached hydrogens (tertiary/aromatic N) is 2. The predicted octanol–water partition coefficient (Wildman–Crippen LogP) is 4.78. The zero-order valence-electron chi connectivity index (χ0n) is 12.3. The van der Waals surface area contributed by atoms with Gasteiger partial charge in [0.05, 0.1) is 16.8 Å². The molecule has 0 spiro atoms. The third-order valence-electron chi connectivity index (χ3n) is 3.33. The average molecular weight is 494 g/mol. The lowest BCUT2D eigenvalue weighted by Crippen LogP contribution is -2.27. The molecule has 0 aliphatic rings. The fraction of sp³-hybridized carbons (Fsp3) is 0.133. The van der Waals surface area contributed by atoms with Crippen molar-refractivity contribution >= 4 is 63.4 Å².